The van der Waals surface area contributed by atoms with Gasteiger partial charge in [0.05, 0.1) is 10.6 Å². The molecule has 0 aliphatic rings. The van der Waals surface area contributed by atoms with Gasteiger partial charge in [-0.15, -0.1) is 0 Å². The molecule has 0 radical (unpaired) electrons. The molecule has 0 bridgehead atoms. The van der Waals surface area contributed by atoms with E-state index in [4.69, 9.17) is 27.9 Å². The van der Waals surface area contributed by atoms with Crippen molar-refractivity contribution in [1.82, 2.24) is 5.32 Å². The number of halogens is 2. The van der Waals surface area contributed by atoms with E-state index in [1.165, 1.54) is 30.0 Å². The molecule has 2 N–H and O–H groups in total. The van der Waals surface area contributed by atoms with Crippen LogP contribution in [0, 0.1) is 0 Å². The molecule has 0 spiro atoms. The van der Waals surface area contributed by atoms with E-state index < -0.39 is 30.4 Å². The number of hydrogen-bond donors (Lipinski definition) is 2. The van der Waals surface area contributed by atoms with Gasteiger partial charge in [0.1, 0.15) is 6.04 Å². The van der Waals surface area contributed by atoms with E-state index in [9.17, 15) is 14.4 Å². The van der Waals surface area contributed by atoms with Crippen LogP contribution in [0.3, 0.4) is 0 Å². The monoisotopic (exact) mass is 504 g/mol. The molecule has 0 fully saturated rings. The fourth-order valence-electron chi connectivity index (χ4n) is 3.15. The molecular formula is C24H22Cl2N2O4S. The number of fused-ring (bicyclic) bond motifs is 1. The quantitative estimate of drug-likeness (QED) is 0.392. The van der Waals surface area contributed by atoms with Gasteiger partial charge in [0.2, 0.25) is 0 Å². The smallest absolute Gasteiger partial charge is 0.329 e. The molecule has 1 atom stereocenters. The van der Waals surface area contributed by atoms with Crippen LogP contribution < -0.4 is 10.6 Å². The first-order valence-corrected chi connectivity index (χ1v) is 12.2. The van der Waals surface area contributed by atoms with Gasteiger partial charge in [0.15, 0.2) is 6.61 Å². The first-order valence-electron chi connectivity index (χ1n) is 10.1. The number of anilines is 1. The molecule has 33 heavy (non-hydrogen) atoms. The Hall–Kier alpha value is -2.74. The van der Waals surface area contributed by atoms with Crippen molar-refractivity contribution in [3.05, 3.63) is 76.3 Å². The zero-order valence-electron chi connectivity index (χ0n) is 17.8. The van der Waals surface area contributed by atoms with Crippen molar-refractivity contribution in [3.8, 4) is 0 Å². The van der Waals surface area contributed by atoms with Crippen LogP contribution in [0.4, 0.5) is 5.69 Å². The molecule has 0 aliphatic heterocycles. The van der Waals surface area contributed by atoms with Crippen molar-refractivity contribution in [1.29, 1.82) is 0 Å². The van der Waals surface area contributed by atoms with Gasteiger partial charge in [-0.05, 0) is 48.1 Å². The summed E-state index contributed by atoms with van der Waals surface area (Å²) in [6, 6.07) is 16.7. The summed E-state index contributed by atoms with van der Waals surface area (Å²) < 4.78 is 5.20. The van der Waals surface area contributed by atoms with Gasteiger partial charge in [0.25, 0.3) is 11.8 Å². The molecule has 0 saturated heterocycles. The van der Waals surface area contributed by atoms with Gasteiger partial charge in [-0.1, -0.05) is 59.6 Å². The van der Waals surface area contributed by atoms with Gasteiger partial charge in [-0.3, -0.25) is 9.59 Å². The maximum Gasteiger partial charge on any atom is 0.329 e. The standard InChI is InChI=1S/C24H22Cl2N2O4S/c1-33-12-11-21(28-23(30)18-10-9-16(25)13-19(18)26)24(31)32-14-22(29)27-20-8-4-6-15-5-2-3-7-17(15)20/h2-10,13,21H,11-12,14H2,1H3,(H,27,29)(H,28,30)/t21-/m1/s1. The van der Waals surface area contributed by atoms with Crippen LogP contribution in [0.5, 0.6) is 0 Å². The summed E-state index contributed by atoms with van der Waals surface area (Å²) in [4.78, 5) is 37.7. The molecule has 3 aromatic rings. The van der Waals surface area contributed by atoms with Gasteiger partial charge in [0, 0.05) is 16.1 Å². The van der Waals surface area contributed by atoms with E-state index in [1.54, 1.807) is 6.07 Å². The number of amides is 2. The van der Waals surface area contributed by atoms with E-state index >= 15 is 0 Å². The van der Waals surface area contributed by atoms with Crippen molar-refractivity contribution in [2.45, 2.75) is 12.5 Å². The van der Waals surface area contributed by atoms with Crippen molar-refractivity contribution >= 4 is 69.2 Å². The Labute approximate surface area is 206 Å². The number of thioether (sulfide) groups is 1. The number of carbonyl (C=O) groups excluding carboxylic acids is 3. The number of ether oxygens (including phenoxy) is 1. The van der Waals surface area contributed by atoms with Crippen molar-refractivity contribution in [2.24, 2.45) is 0 Å². The van der Waals surface area contributed by atoms with Crippen LogP contribution in [0.25, 0.3) is 10.8 Å². The SMILES string of the molecule is CSCC[C@@H](NC(=O)c1ccc(Cl)cc1Cl)C(=O)OCC(=O)Nc1cccc2ccccc12. The Kier molecular flexibility index (Phi) is 9.00. The minimum absolute atomic E-state index is 0.173. The minimum Gasteiger partial charge on any atom is -0.454 e. The third-order valence-electron chi connectivity index (χ3n) is 4.79. The fourth-order valence-corrected chi connectivity index (χ4v) is 4.12. The summed E-state index contributed by atoms with van der Waals surface area (Å²) in [5, 5.41) is 7.83. The van der Waals surface area contributed by atoms with Crippen LogP contribution in [0.2, 0.25) is 10.0 Å². The number of rotatable bonds is 9. The molecular weight excluding hydrogens is 483 g/mol. The van der Waals surface area contributed by atoms with Crippen LogP contribution >= 0.6 is 35.0 Å². The normalized spacial score (nSPS) is 11.6. The second-order valence-corrected chi connectivity index (χ2v) is 8.94. The summed E-state index contributed by atoms with van der Waals surface area (Å²) in [6.07, 6.45) is 2.22. The highest BCUT2D eigenvalue weighted by Crippen LogP contribution is 2.23. The highest BCUT2D eigenvalue weighted by atomic mass is 35.5. The topological polar surface area (TPSA) is 84.5 Å². The summed E-state index contributed by atoms with van der Waals surface area (Å²) in [5.41, 5.74) is 0.815. The van der Waals surface area contributed by atoms with Gasteiger partial charge in [-0.25, -0.2) is 4.79 Å². The number of benzene rings is 3. The van der Waals surface area contributed by atoms with Crippen LogP contribution in [-0.4, -0.2) is 42.4 Å². The lowest BCUT2D eigenvalue weighted by molar-refractivity contribution is -0.149. The fraction of sp³-hybridized carbons (Fsp3) is 0.208. The molecule has 9 heteroatoms. The molecule has 0 saturated carbocycles. The van der Waals surface area contributed by atoms with Gasteiger partial charge >= 0.3 is 5.97 Å². The largest absolute Gasteiger partial charge is 0.454 e. The first-order chi connectivity index (χ1) is 15.9. The minimum atomic E-state index is -0.929. The lowest BCUT2D eigenvalue weighted by atomic mass is 10.1. The Balaban J connectivity index is 1.62. The lowest BCUT2D eigenvalue weighted by Crippen LogP contribution is -2.43. The number of nitrogens with one attached hydrogen (secondary N) is 2. The molecule has 3 aromatic carbocycles. The summed E-state index contributed by atoms with van der Waals surface area (Å²) in [6.45, 7) is -0.477. The molecule has 0 unspecified atom stereocenters. The lowest BCUT2D eigenvalue weighted by Gasteiger charge is -2.18. The maximum atomic E-state index is 12.6. The van der Waals surface area contributed by atoms with Crippen molar-refractivity contribution < 1.29 is 19.1 Å². The average molecular weight is 505 g/mol. The van der Waals surface area contributed by atoms with Crippen molar-refractivity contribution in [3.63, 3.8) is 0 Å². The van der Waals surface area contributed by atoms with E-state index in [2.05, 4.69) is 10.6 Å². The zero-order chi connectivity index (χ0) is 23.8. The van der Waals surface area contributed by atoms with Gasteiger partial charge in [-0.2, -0.15) is 11.8 Å². The molecule has 6 nitrogen and oxygen atoms in total. The Morgan fingerprint density at radius 3 is 2.55 bits per heavy atom. The van der Waals surface area contributed by atoms with Gasteiger partial charge < -0.3 is 15.4 Å². The number of hydrogen-bond acceptors (Lipinski definition) is 5. The average Bonchev–Trinajstić information content (AvgIpc) is 2.80. The van der Waals surface area contributed by atoms with E-state index in [0.717, 1.165) is 10.8 Å². The Bertz CT molecular complexity index is 1170. The summed E-state index contributed by atoms with van der Waals surface area (Å²) >= 11 is 13.5. The third-order valence-corrected chi connectivity index (χ3v) is 5.98. The number of carbonyl (C=O) groups is 3. The summed E-state index contributed by atoms with van der Waals surface area (Å²) in [5.74, 6) is -1.10. The van der Waals surface area contributed by atoms with Crippen LogP contribution in [0.1, 0.15) is 16.8 Å². The predicted molar refractivity (Wildman–Crippen MR) is 134 cm³/mol. The van der Waals surface area contributed by atoms with E-state index in [1.807, 2.05) is 42.7 Å². The van der Waals surface area contributed by atoms with E-state index in [-0.39, 0.29) is 10.6 Å². The second-order valence-electron chi connectivity index (χ2n) is 7.11. The molecule has 172 valence electrons. The highest BCUT2D eigenvalue weighted by molar-refractivity contribution is 7.98. The number of esters is 1. The van der Waals surface area contributed by atoms with E-state index in [0.29, 0.717) is 22.9 Å². The van der Waals surface area contributed by atoms with Crippen LogP contribution in [0.15, 0.2) is 60.7 Å². The maximum absolute atomic E-state index is 12.6. The van der Waals surface area contributed by atoms with Crippen LogP contribution in [-0.2, 0) is 14.3 Å². The molecule has 0 aliphatic carbocycles. The predicted octanol–water partition coefficient (Wildman–Crippen LogP) is 5.18. The first kappa shape index (κ1) is 24.9. The zero-order valence-corrected chi connectivity index (χ0v) is 20.1. The molecule has 0 aromatic heterocycles. The molecule has 2 amide bonds. The Morgan fingerprint density at radius 2 is 1.79 bits per heavy atom. The van der Waals surface area contributed by atoms with Crippen molar-refractivity contribution in [2.75, 3.05) is 23.9 Å². The second kappa shape index (κ2) is 11.9. The summed E-state index contributed by atoms with van der Waals surface area (Å²) in [7, 11) is 0. The highest BCUT2D eigenvalue weighted by Gasteiger charge is 2.24. The molecule has 3 rings (SSSR count). The Morgan fingerprint density at radius 1 is 1.03 bits per heavy atom. The third kappa shape index (κ3) is 6.87. The molecule has 0 heterocycles.